The molecule has 128 valence electrons. The number of morpholine rings is 1. The molecule has 0 aromatic heterocycles. The highest BCUT2D eigenvalue weighted by Gasteiger charge is 2.11. The highest BCUT2D eigenvalue weighted by Crippen LogP contribution is 2.27. The molecule has 0 N–H and O–H groups in total. The Kier molecular flexibility index (Phi) is 4.68. The van der Waals surface area contributed by atoms with Crippen molar-refractivity contribution in [1.82, 2.24) is 0 Å². The molecular formula is C23H20N2O. The van der Waals surface area contributed by atoms with Crippen LogP contribution in [0.5, 0.6) is 0 Å². The van der Waals surface area contributed by atoms with Crippen molar-refractivity contribution in [2.45, 2.75) is 0 Å². The molecule has 0 saturated carbocycles. The number of hydrogen-bond acceptors (Lipinski definition) is 3. The number of allylic oxidation sites excluding steroid dienone is 1. The minimum absolute atomic E-state index is 0.681. The fourth-order valence-corrected chi connectivity index (χ4v) is 3.40. The Morgan fingerprint density at radius 3 is 2.42 bits per heavy atom. The Balaban J connectivity index is 1.66. The van der Waals surface area contributed by atoms with Crippen LogP contribution >= 0.6 is 0 Å². The first kappa shape index (κ1) is 16.4. The lowest BCUT2D eigenvalue weighted by atomic mass is 9.97. The van der Waals surface area contributed by atoms with Gasteiger partial charge in [-0.2, -0.15) is 5.26 Å². The fourth-order valence-electron chi connectivity index (χ4n) is 3.40. The molecule has 3 aromatic rings. The molecule has 0 unspecified atom stereocenters. The van der Waals surface area contributed by atoms with Crippen molar-refractivity contribution in [3.8, 4) is 6.07 Å². The molecule has 1 fully saturated rings. The number of nitrogens with zero attached hydrogens (tertiary/aromatic N) is 2. The highest BCUT2D eigenvalue weighted by atomic mass is 16.5. The van der Waals surface area contributed by atoms with Gasteiger partial charge in [0.25, 0.3) is 0 Å². The van der Waals surface area contributed by atoms with E-state index >= 15 is 0 Å². The molecular weight excluding hydrogens is 320 g/mol. The van der Waals surface area contributed by atoms with Crippen LogP contribution in [0.3, 0.4) is 0 Å². The second kappa shape index (κ2) is 7.43. The van der Waals surface area contributed by atoms with Gasteiger partial charge in [0.05, 0.1) is 24.9 Å². The van der Waals surface area contributed by atoms with Gasteiger partial charge in [0, 0.05) is 24.3 Å². The zero-order chi connectivity index (χ0) is 17.8. The number of benzene rings is 3. The van der Waals surface area contributed by atoms with Crippen molar-refractivity contribution >= 4 is 28.1 Å². The van der Waals surface area contributed by atoms with Crippen LogP contribution < -0.4 is 4.90 Å². The summed E-state index contributed by atoms with van der Waals surface area (Å²) in [5, 5.41) is 12.0. The molecule has 1 aliphatic heterocycles. The summed E-state index contributed by atoms with van der Waals surface area (Å²) < 4.78 is 5.41. The number of hydrogen-bond donors (Lipinski definition) is 0. The summed E-state index contributed by atoms with van der Waals surface area (Å²) >= 11 is 0. The molecule has 1 saturated heterocycles. The first-order chi connectivity index (χ1) is 12.8. The summed E-state index contributed by atoms with van der Waals surface area (Å²) in [7, 11) is 0. The maximum atomic E-state index is 9.72. The molecule has 0 bridgehead atoms. The quantitative estimate of drug-likeness (QED) is 0.510. The van der Waals surface area contributed by atoms with E-state index in [1.807, 2.05) is 30.3 Å². The molecule has 3 heteroatoms. The number of ether oxygens (including phenoxy) is 1. The number of nitriles is 1. The summed E-state index contributed by atoms with van der Waals surface area (Å²) in [6.07, 6.45) is 1.96. The van der Waals surface area contributed by atoms with E-state index in [0.717, 1.165) is 48.2 Å². The van der Waals surface area contributed by atoms with Crippen molar-refractivity contribution in [2.24, 2.45) is 0 Å². The summed E-state index contributed by atoms with van der Waals surface area (Å²) in [4.78, 5) is 2.33. The average Bonchev–Trinajstić information content (AvgIpc) is 2.73. The van der Waals surface area contributed by atoms with Gasteiger partial charge >= 0.3 is 0 Å². The summed E-state index contributed by atoms with van der Waals surface area (Å²) in [6.45, 7) is 3.41. The van der Waals surface area contributed by atoms with Crippen LogP contribution in [0.25, 0.3) is 22.4 Å². The van der Waals surface area contributed by atoms with E-state index in [2.05, 4.69) is 53.4 Å². The van der Waals surface area contributed by atoms with Crippen LogP contribution in [-0.4, -0.2) is 26.3 Å². The molecule has 26 heavy (non-hydrogen) atoms. The number of fused-ring (bicyclic) bond motifs is 1. The smallest absolute Gasteiger partial charge is 0.0998 e. The molecule has 1 aliphatic rings. The van der Waals surface area contributed by atoms with E-state index in [4.69, 9.17) is 4.74 Å². The lowest BCUT2D eigenvalue weighted by molar-refractivity contribution is 0.122. The lowest BCUT2D eigenvalue weighted by Gasteiger charge is -2.28. The van der Waals surface area contributed by atoms with Crippen LogP contribution in [0.15, 0.2) is 66.7 Å². The van der Waals surface area contributed by atoms with E-state index in [1.54, 1.807) is 0 Å². The fraction of sp³-hybridized carbons (Fsp3) is 0.174. The van der Waals surface area contributed by atoms with Gasteiger partial charge in [0.2, 0.25) is 0 Å². The van der Waals surface area contributed by atoms with Crippen molar-refractivity contribution in [1.29, 1.82) is 5.26 Å². The molecule has 1 heterocycles. The maximum Gasteiger partial charge on any atom is 0.0998 e. The summed E-state index contributed by atoms with van der Waals surface area (Å²) in [5.41, 5.74) is 3.89. The second-order valence-corrected chi connectivity index (χ2v) is 6.39. The van der Waals surface area contributed by atoms with Gasteiger partial charge in [-0.3, -0.25) is 0 Å². The standard InChI is InChI=1S/C23H20N2O/c24-17-20(23-7-3-5-19-4-1-2-6-22(19)23)16-18-8-10-21(11-9-18)25-12-14-26-15-13-25/h1-11,16H,12-15H2/b20-16-. The Labute approximate surface area is 153 Å². The molecule has 3 aromatic carbocycles. The molecule has 0 aliphatic carbocycles. The van der Waals surface area contributed by atoms with Crippen molar-refractivity contribution < 1.29 is 4.74 Å². The minimum atomic E-state index is 0.681. The van der Waals surface area contributed by atoms with E-state index in [9.17, 15) is 5.26 Å². The third-order valence-electron chi connectivity index (χ3n) is 4.78. The predicted octanol–water partition coefficient (Wildman–Crippen LogP) is 4.74. The van der Waals surface area contributed by atoms with Gasteiger partial charge < -0.3 is 9.64 Å². The number of rotatable bonds is 3. The average molecular weight is 340 g/mol. The Bertz CT molecular complexity index is 972. The Morgan fingerprint density at radius 2 is 1.65 bits per heavy atom. The SMILES string of the molecule is N#C/C(=C/c1ccc(N2CCOCC2)cc1)c1cccc2ccccc12. The van der Waals surface area contributed by atoms with Gasteiger partial charge in [-0.05, 0) is 34.5 Å². The normalized spacial score (nSPS) is 15.0. The third-order valence-corrected chi connectivity index (χ3v) is 4.78. The largest absolute Gasteiger partial charge is 0.378 e. The van der Waals surface area contributed by atoms with Gasteiger partial charge in [0.1, 0.15) is 0 Å². The predicted molar refractivity (Wildman–Crippen MR) is 107 cm³/mol. The summed E-state index contributed by atoms with van der Waals surface area (Å²) in [5.74, 6) is 0. The minimum Gasteiger partial charge on any atom is -0.378 e. The lowest BCUT2D eigenvalue weighted by Crippen LogP contribution is -2.36. The maximum absolute atomic E-state index is 9.72. The zero-order valence-electron chi connectivity index (χ0n) is 14.6. The van der Waals surface area contributed by atoms with Crippen molar-refractivity contribution in [3.05, 3.63) is 77.9 Å². The second-order valence-electron chi connectivity index (χ2n) is 6.39. The van der Waals surface area contributed by atoms with Gasteiger partial charge in [-0.25, -0.2) is 0 Å². The Hall–Kier alpha value is -3.09. The molecule has 0 atom stereocenters. The van der Waals surface area contributed by atoms with Crippen molar-refractivity contribution in [2.75, 3.05) is 31.2 Å². The zero-order valence-corrected chi connectivity index (χ0v) is 14.6. The molecule has 0 radical (unpaired) electrons. The van der Waals surface area contributed by atoms with Crippen LogP contribution in [0.1, 0.15) is 11.1 Å². The Morgan fingerprint density at radius 1 is 0.923 bits per heavy atom. The monoisotopic (exact) mass is 340 g/mol. The highest BCUT2D eigenvalue weighted by molar-refractivity contribution is 6.01. The van der Waals surface area contributed by atoms with Crippen LogP contribution in [0, 0.1) is 11.3 Å². The van der Waals surface area contributed by atoms with E-state index in [0.29, 0.717) is 5.57 Å². The summed E-state index contributed by atoms with van der Waals surface area (Å²) in [6, 6.07) is 25.0. The molecule has 0 amide bonds. The van der Waals surface area contributed by atoms with E-state index in [1.165, 1.54) is 5.69 Å². The third kappa shape index (κ3) is 3.33. The first-order valence-electron chi connectivity index (χ1n) is 8.88. The van der Waals surface area contributed by atoms with E-state index in [-0.39, 0.29) is 0 Å². The molecule has 0 spiro atoms. The first-order valence-corrected chi connectivity index (χ1v) is 8.88. The topological polar surface area (TPSA) is 36.3 Å². The van der Waals surface area contributed by atoms with Gasteiger partial charge in [-0.15, -0.1) is 0 Å². The van der Waals surface area contributed by atoms with E-state index < -0.39 is 0 Å². The van der Waals surface area contributed by atoms with Crippen LogP contribution in [0.2, 0.25) is 0 Å². The molecule has 3 nitrogen and oxygen atoms in total. The van der Waals surface area contributed by atoms with Gasteiger partial charge in [0.15, 0.2) is 0 Å². The van der Waals surface area contributed by atoms with Gasteiger partial charge in [-0.1, -0.05) is 54.6 Å². The van der Waals surface area contributed by atoms with Crippen LogP contribution in [-0.2, 0) is 4.74 Å². The van der Waals surface area contributed by atoms with Crippen molar-refractivity contribution in [3.63, 3.8) is 0 Å². The number of anilines is 1. The molecule has 4 rings (SSSR count). The van der Waals surface area contributed by atoms with Crippen LogP contribution in [0.4, 0.5) is 5.69 Å².